The van der Waals surface area contributed by atoms with Crippen LogP contribution in [-0.4, -0.2) is 51.2 Å². The summed E-state index contributed by atoms with van der Waals surface area (Å²) in [5, 5.41) is 4.03. The summed E-state index contributed by atoms with van der Waals surface area (Å²) in [5.74, 6) is 0.465. The van der Waals surface area contributed by atoms with Crippen molar-refractivity contribution in [2.75, 3.05) is 40.4 Å². The van der Waals surface area contributed by atoms with Crippen molar-refractivity contribution in [2.24, 2.45) is 0 Å². The first kappa shape index (κ1) is 15.5. The van der Waals surface area contributed by atoms with Gasteiger partial charge in [0.05, 0.1) is 11.5 Å². The van der Waals surface area contributed by atoms with Crippen LogP contribution in [0.25, 0.3) is 10.1 Å². The number of nitrogens with one attached hydrogen (secondary N) is 1. The highest BCUT2D eigenvalue weighted by molar-refractivity contribution is 7.21. The molecule has 1 atom stereocenters. The van der Waals surface area contributed by atoms with Crippen molar-refractivity contribution in [1.82, 2.24) is 10.2 Å². The number of hydrogen-bond donors (Lipinski definition) is 1. The Kier molecular flexibility index (Phi) is 4.76. The predicted octanol–water partition coefficient (Wildman–Crippen LogP) is 2.70. The standard InChI is InChI=1S/C17H22N2O2S/c1-18-17(20)16-15(13-5-3-4-6-14(13)22-16)12-7-8-19(11-12)9-10-21-2/h3-6,12H,7-11H2,1-2H3,(H,18,20)/t12-/m1/s1. The lowest BCUT2D eigenvalue weighted by Crippen LogP contribution is -2.25. The maximum Gasteiger partial charge on any atom is 0.261 e. The van der Waals surface area contributed by atoms with Crippen molar-refractivity contribution >= 4 is 27.3 Å². The van der Waals surface area contributed by atoms with Crippen LogP contribution < -0.4 is 5.32 Å². The molecule has 1 aromatic carbocycles. The maximum atomic E-state index is 12.3. The first-order valence-electron chi connectivity index (χ1n) is 7.69. The smallest absolute Gasteiger partial charge is 0.261 e. The van der Waals surface area contributed by atoms with E-state index in [-0.39, 0.29) is 5.91 Å². The molecular formula is C17H22N2O2S. The molecule has 1 saturated heterocycles. The second kappa shape index (κ2) is 6.77. The molecule has 1 N–H and O–H groups in total. The van der Waals surface area contributed by atoms with Gasteiger partial charge in [-0.1, -0.05) is 18.2 Å². The molecule has 1 aliphatic rings. The van der Waals surface area contributed by atoms with E-state index in [0.717, 1.165) is 37.5 Å². The number of benzene rings is 1. The molecule has 1 aromatic heterocycles. The molecule has 0 saturated carbocycles. The van der Waals surface area contributed by atoms with Gasteiger partial charge in [-0.3, -0.25) is 4.79 Å². The monoisotopic (exact) mass is 318 g/mol. The number of carbonyl (C=O) groups is 1. The van der Waals surface area contributed by atoms with Crippen LogP contribution in [0.15, 0.2) is 24.3 Å². The second-order valence-corrected chi connectivity index (χ2v) is 6.75. The molecule has 2 aromatic rings. The van der Waals surface area contributed by atoms with Crippen LogP contribution in [0.5, 0.6) is 0 Å². The molecule has 0 aliphatic carbocycles. The lowest BCUT2D eigenvalue weighted by atomic mass is 9.95. The summed E-state index contributed by atoms with van der Waals surface area (Å²) in [5.41, 5.74) is 1.24. The summed E-state index contributed by atoms with van der Waals surface area (Å²) in [4.78, 5) is 15.6. The first-order chi connectivity index (χ1) is 10.7. The quantitative estimate of drug-likeness (QED) is 0.921. The molecule has 1 fully saturated rings. The normalized spacial score (nSPS) is 18.9. The fraction of sp³-hybridized carbons (Fsp3) is 0.471. The maximum absolute atomic E-state index is 12.3. The van der Waals surface area contributed by atoms with Crippen molar-refractivity contribution in [2.45, 2.75) is 12.3 Å². The van der Waals surface area contributed by atoms with Crippen LogP contribution >= 0.6 is 11.3 Å². The molecule has 0 unspecified atom stereocenters. The van der Waals surface area contributed by atoms with E-state index in [4.69, 9.17) is 4.74 Å². The van der Waals surface area contributed by atoms with E-state index in [1.165, 1.54) is 15.6 Å². The Labute approximate surface area is 135 Å². The van der Waals surface area contributed by atoms with Gasteiger partial charge in [0.2, 0.25) is 0 Å². The third kappa shape index (κ3) is 2.89. The molecule has 118 valence electrons. The summed E-state index contributed by atoms with van der Waals surface area (Å²) in [6.07, 6.45) is 1.11. The summed E-state index contributed by atoms with van der Waals surface area (Å²) in [7, 11) is 3.44. The molecule has 4 nitrogen and oxygen atoms in total. The number of thiophene rings is 1. The van der Waals surface area contributed by atoms with Gasteiger partial charge in [0.1, 0.15) is 0 Å². The van der Waals surface area contributed by atoms with Crippen molar-refractivity contribution in [1.29, 1.82) is 0 Å². The summed E-state index contributed by atoms with van der Waals surface area (Å²) >= 11 is 1.61. The zero-order valence-corrected chi connectivity index (χ0v) is 13.9. The van der Waals surface area contributed by atoms with E-state index in [1.807, 2.05) is 6.07 Å². The van der Waals surface area contributed by atoms with Crippen LogP contribution in [0.2, 0.25) is 0 Å². The van der Waals surface area contributed by atoms with Gasteiger partial charge in [0, 0.05) is 37.9 Å². The van der Waals surface area contributed by atoms with E-state index in [1.54, 1.807) is 25.5 Å². The van der Waals surface area contributed by atoms with E-state index in [0.29, 0.717) is 5.92 Å². The molecule has 5 heteroatoms. The number of carbonyl (C=O) groups excluding carboxylic acids is 1. The second-order valence-electron chi connectivity index (χ2n) is 5.70. The Morgan fingerprint density at radius 1 is 1.45 bits per heavy atom. The fourth-order valence-corrected chi connectivity index (χ4v) is 4.48. The summed E-state index contributed by atoms with van der Waals surface area (Å²) < 4.78 is 6.38. The zero-order chi connectivity index (χ0) is 15.5. The number of likely N-dealkylation sites (tertiary alicyclic amines) is 1. The lowest BCUT2D eigenvalue weighted by Gasteiger charge is -2.16. The fourth-order valence-electron chi connectivity index (χ4n) is 3.24. The van der Waals surface area contributed by atoms with E-state index in [2.05, 4.69) is 28.4 Å². The molecule has 22 heavy (non-hydrogen) atoms. The van der Waals surface area contributed by atoms with Crippen molar-refractivity contribution in [3.63, 3.8) is 0 Å². The SMILES string of the molecule is CNC(=O)c1sc2ccccc2c1[C@@H]1CCN(CCOC)C1. The minimum atomic E-state index is 0.0338. The number of fused-ring (bicyclic) bond motifs is 1. The van der Waals surface area contributed by atoms with Crippen LogP contribution in [0.1, 0.15) is 27.6 Å². The van der Waals surface area contributed by atoms with Gasteiger partial charge in [-0.15, -0.1) is 11.3 Å². The highest BCUT2D eigenvalue weighted by Gasteiger charge is 2.30. The summed E-state index contributed by atoms with van der Waals surface area (Å²) in [6, 6.07) is 8.35. The van der Waals surface area contributed by atoms with Crippen LogP contribution in [0, 0.1) is 0 Å². The van der Waals surface area contributed by atoms with Gasteiger partial charge in [-0.05, 0) is 30.0 Å². The van der Waals surface area contributed by atoms with Gasteiger partial charge in [0.25, 0.3) is 5.91 Å². The molecular weight excluding hydrogens is 296 g/mol. The van der Waals surface area contributed by atoms with Crippen molar-refractivity contribution < 1.29 is 9.53 Å². The Morgan fingerprint density at radius 2 is 2.27 bits per heavy atom. The molecule has 1 amide bonds. The minimum Gasteiger partial charge on any atom is -0.383 e. The molecule has 2 heterocycles. The molecule has 0 bridgehead atoms. The van der Waals surface area contributed by atoms with Gasteiger partial charge < -0.3 is 15.0 Å². The minimum absolute atomic E-state index is 0.0338. The number of amides is 1. The molecule has 0 spiro atoms. The van der Waals surface area contributed by atoms with Gasteiger partial charge >= 0.3 is 0 Å². The van der Waals surface area contributed by atoms with Crippen molar-refractivity contribution in [3.05, 3.63) is 34.7 Å². The van der Waals surface area contributed by atoms with Crippen LogP contribution in [0.4, 0.5) is 0 Å². The zero-order valence-electron chi connectivity index (χ0n) is 13.1. The predicted molar refractivity (Wildman–Crippen MR) is 90.9 cm³/mol. The lowest BCUT2D eigenvalue weighted by molar-refractivity contribution is 0.0966. The highest BCUT2D eigenvalue weighted by Crippen LogP contribution is 2.39. The summed E-state index contributed by atoms with van der Waals surface area (Å²) in [6.45, 7) is 3.81. The Bertz CT molecular complexity index is 668. The van der Waals surface area contributed by atoms with E-state index >= 15 is 0 Å². The average molecular weight is 318 g/mol. The third-order valence-electron chi connectivity index (χ3n) is 4.36. The highest BCUT2D eigenvalue weighted by atomic mass is 32.1. The first-order valence-corrected chi connectivity index (χ1v) is 8.51. The average Bonchev–Trinajstić information content (AvgIpc) is 3.15. The van der Waals surface area contributed by atoms with Gasteiger partial charge in [-0.25, -0.2) is 0 Å². The van der Waals surface area contributed by atoms with Crippen LogP contribution in [-0.2, 0) is 4.74 Å². The van der Waals surface area contributed by atoms with Gasteiger partial charge in [-0.2, -0.15) is 0 Å². The number of methoxy groups -OCH3 is 1. The van der Waals surface area contributed by atoms with E-state index in [9.17, 15) is 4.79 Å². The molecule has 0 radical (unpaired) electrons. The number of ether oxygens (including phenoxy) is 1. The number of rotatable bonds is 5. The third-order valence-corrected chi connectivity index (χ3v) is 5.54. The van der Waals surface area contributed by atoms with Crippen LogP contribution in [0.3, 0.4) is 0 Å². The van der Waals surface area contributed by atoms with E-state index < -0.39 is 0 Å². The Morgan fingerprint density at radius 3 is 3.05 bits per heavy atom. The topological polar surface area (TPSA) is 41.6 Å². The molecule has 3 rings (SSSR count). The Hall–Kier alpha value is -1.43. The largest absolute Gasteiger partial charge is 0.383 e. The number of hydrogen-bond acceptors (Lipinski definition) is 4. The van der Waals surface area contributed by atoms with Crippen molar-refractivity contribution in [3.8, 4) is 0 Å². The number of nitrogens with zero attached hydrogens (tertiary/aromatic N) is 1. The Balaban J connectivity index is 1.93. The van der Waals surface area contributed by atoms with Gasteiger partial charge in [0.15, 0.2) is 0 Å². The molecule has 1 aliphatic heterocycles.